The molecule has 0 spiro atoms. The summed E-state index contributed by atoms with van der Waals surface area (Å²) in [5.74, 6) is 0. The SMILES string of the molecule is CC(C)O[C@H]1C[C@H]2CC[C@@H](C1)N2. The van der Waals surface area contributed by atoms with Crippen LogP contribution >= 0.6 is 0 Å². The van der Waals surface area contributed by atoms with Gasteiger partial charge in [0.2, 0.25) is 0 Å². The standard InChI is InChI=1S/C10H19NO/c1-7(2)12-10-5-8-3-4-9(6-10)11-8/h7-11H,3-6H2,1-2H3/t8-,9+,10+. The van der Waals surface area contributed by atoms with E-state index in [-0.39, 0.29) is 0 Å². The predicted molar refractivity (Wildman–Crippen MR) is 49.2 cm³/mol. The van der Waals surface area contributed by atoms with Crippen LogP contribution in [0.3, 0.4) is 0 Å². The molecule has 0 radical (unpaired) electrons. The highest BCUT2D eigenvalue weighted by atomic mass is 16.5. The van der Waals surface area contributed by atoms with E-state index in [2.05, 4.69) is 19.2 Å². The quantitative estimate of drug-likeness (QED) is 0.679. The van der Waals surface area contributed by atoms with Gasteiger partial charge in [-0.05, 0) is 39.5 Å². The molecule has 2 bridgehead atoms. The second-order valence-electron chi connectivity index (χ2n) is 4.42. The Bertz CT molecular complexity index is 146. The molecule has 2 heteroatoms. The van der Waals surface area contributed by atoms with E-state index < -0.39 is 0 Å². The van der Waals surface area contributed by atoms with E-state index in [0.29, 0.717) is 12.2 Å². The van der Waals surface area contributed by atoms with Gasteiger partial charge in [-0.1, -0.05) is 0 Å². The molecule has 1 N–H and O–H groups in total. The van der Waals surface area contributed by atoms with Gasteiger partial charge >= 0.3 is 0 Å². The molecule has 2 aliphatic heterocycles. The average Bonchev–Trinajstić information content (AvgIpc) is 2.29. The summed E-state index contributed by atoms with van der Waals surface area (Å²) in [7, 11) is 0. The molecule has 2 nitrogen and oxygen atoms in total. The van der Waals surface area contributed by atoms with Crippen molar-refractivity contribution in [3.05, 3.63) is 0 Å². The molecule has 2 aliphatic rings. The highest BCUT2D eigenvalue weighted by Crippen LogP contribution is 2.28. The zero-order valence-corrected chi connectivity index (χ0v) is 8.05. The van der Waals surface area contributed by atoms with Gasteiger partial charge in [-0.3, -0.25) is 0 Å². The molecule has 3 atom stereocenters. The van der Waals surface area contributed by atoms with Crippen molar-refractivity contribution in [2.45, 2.75) is 63.8 Å². The summed E-state index contributed by atoms with van der Waals surface area (Å²) in [6, 6.07) is 1.51. The second kappa shape index (κ2) is 3.35. The van der Waals surface area contributed by atoms with E-state index in [1.165, 1.54) is 25.7 Å². The normalized spacial score (nSPS) is 40.8. The van der Waals surface area contributed by atoms with Crippen LogP contribution in [0.25, 0.3) is 0 Å². The second-order valence-corrected chi connectivity index (χ2v) is 4.42. The highest BCUT2D eigenvalue weighted by Gasteiger charge is 2.33. The molecule has 0 aromatic heterocycles. The van der Waals surface area contributed by atoms with Crippen LogP contribution in [0.1, 0.15) is 39.5 Å². The van der Waals surface area contributed by atoms with Gasteiger partial charge in [0, 0.05) is 12.1 Å². The lowest BCUT2D eigenvalue weighted by atomic mass is 10.0. The molecule has 0 aromatic rings. The molecule has 0 aliphatic carbocycles. The summed E-state index contributed by atoms with van der Waals surface area (Å²) in [6.45, 7) is 4.26. The third kappa shape index (κ3) is 1.80. The summed E-state index contributed by atoms with van der Waals surface area (Å²) < 4.78 is 5.83. The Morgan fingerprint density at radius 2 is 1.75 bits per heavy atom. The summed E-state index contributed by atoms with van der Waals surface area (Å²) in [6.07, 6.45) is 6.12. The fourth-order valence-electron chi connectivity index (χ4n) is 2.50. The van der Waals surface area contributed by atoms with Crippen molar-refractivity contribution in [3.63, 3.8) is 0 Å². The average molecular weight is 169 g/mol. The molecule has 2 heterocycles. The topological polar surface area (TPSA) is 21.3 Å². The van der Waals surface area contributed by atoms with Crippen molar-refractivity contribution in [1.82, 2.24) is 5.32 Å². The van der Waals surface area contributed by atoms with Crippen molar-refractivity contribution in [2.24, 2.45) is 0 Å². The van der Waals surface area contributed by atoms with Crippen LogP contribution in [0.2, 0.25) is 0 Å². The van der Waals surface area contributed by atoms with Gasteiger partial charge < -0.3 is 10.1 Å². The molecule has 0 aromatic carbocycles. The summed E-state index contributed by atoms with van der Waals surface area (Å²) in [5.41, 5.74) is 0. The van der Waals surface area contributed by atoms with Crippen LogP contribution < -0.4 is 5.32 Å². The van der Waals surface area contributed by atoms with Gasteiger partial charge in [0.05, 0.1) is 12.2 Å². The van der Waals surface area contributed by atoms with Crippen molar-refractivity contribution in [1.29, 1.82) is 0 Å². The number of piperidine rings is 1. The molecule has 12 heavy (non-hydrogen) atoms. The van der Waals surface area contributed by atoms with Crippen LogP contribution in [0.15, 0.2) is 0 Å². The van der Waals surface area contributed by atoms with E-state index in [4.69, 9.17) is 4.74 Å². The number of ether oxygens (including phenoxy) is 1. The molecular formula is C10H19NO. The van der Waals surface area contributed by atoms with Crippen LogP contribution in [-0.4, -0.2) is 24.3 Å². The first-order valence-corrected chi connectivity index (χ1v) is 5.15. The van der Waals surface area contributed by atoms with Crippen LogP contribution in [0, 0.1) is 0 Å². The molecule has 2 fully saturated rings. The zero-order chi connectivity index (χ0) is 8.55. The Kier molecular flexibility index (Phi) is 2.37. The Morgan fingerprint density at radius 3 is 2.25 bits per heavy atom. The maximum absolute atomic E-state index is 5.83. The van der Waals surface area contributed by atoms with Gasteiger partial charge in [0.25, 0.3) is 0 Å². The van der Waals surface area contributed by atoms with E-state index in [1.54, 1.807) is 0 Å². The van der Waals surface area contributed by atoms with E-state index in [0.717, 1.165) is 12.1 Å². The Balaban J connectivity index is 1.85. The minimum atomic E-state index is 0.396. The lowest BCUT2D eigenvalue weighted by Crippen LogP contribution is -2.42. The van der Waals surface area contributed by atoms with Crippen LogP contribution in [0.5, 0.6) is 0 Å². The van der Waals surface area contributed by atoms with Gasteiger partial charge in [0.15, 0.2) is 0 Å². The molecule has 2 saturated heterocycles. The molecule has 0 amide bonds. The number of hydrogen-bond donors (Lipinski definition) is 1. The highest BCUT2D eigenvalue weighted by molar-refractivity contribution is 4.92. The lowest BCUT2D eigenvalue weighted by Gasteiger charge is -2.30. The number of nitrogens with one attached hydrogen (secondary N) is 1. The molecule has 0 saturated carbocycles. The minimum absolute atomic E-state index is 0.396. The van der Waals surface area contributed by atoms with Gasteiger partial charge in [0.1, 0.15) is 0 Å². The van der Waals surface area contributed by atoms with Gasteiger partial charge in [-0.15, -0.1) is 0 Å². The molecule has 0 unspecified atom stereocenters. The maximum atomic E-state index is 5.83. The Labute approximate surface area is 74.7 Å². The molecular weight excluding hydrogens is 150 g/mol. The first-order chi connectivity index (χ1) is 5.74. The predicted octanol–water partition coefficient (Wildman–Crippen LogP) is 1.69. The fraction of sp³-hybridized carbons (Fsp3) is 1.00. The zero-order valence-electron chi connectivity index (χ0n) is 8.05. The fourth-order valence-corrected chi connectivity index (χ4v) is 2.50. The molecule has 70 valence electrons. The van der Waals surface area contributed by atoms with E-state index in [9.17, 15) is 0 Å². The summed E-state index contributed by atoms with van der Waals surface area (Å²) >= 11 is 0. The summed E-state index contributed by atoms with van der Waals surface area (Å²) in [5, 5.41) is 3.61. The third-order valence-electron chi connectivity index (χ3n) is 2.89. The largest absolute Gasteiger partial charge is 0.375 e. The number of fused-ring (bicyclic) bond motifs is 2. The third-order valence-corrected chi connectivity index (χ3v) is 2.89. The molecule has 2 rings (SSSR count). The maximum Gasteiger partial charge on any atom is 0.0608 e. The van der Waals surface area contributed by atoms with Crippen molar-refractivity contribution in [3.8, 4) is 0 Å². The smallest absolute Gasteiger partial charge is 0.0608 e. The van der Waals surface area contributed by atoms with Crippen molar-refractivity contribution < 1.29 is 4.74 Å². The number of rotatable bonds is 2. The Hall–Kier alpha value is -0.0800. The van der Waals surface area contributed by atoms with Gasteiger partial charge in [-0.2, -0.15) is 0 Å². The van der Waals surface area contributed by atoms with Crippen molar-refractivity contribution >= 4 is 0 Å². The number of hydrogen-bond acceptors (Lipinski definition) is 2. The van der Waals surface area contributed by atoms with E-state index in [1.807, 2.05) is 0 Å². The first-order valence-electron chi connectivity index (χ1n) is 5.15. The Morgan fingerprint density at radius 1 is 1.17 bits per heavy atom. The van der Waals surface area contributed by atoms with Crippen LogP contribution in [0.4, 0.5) is 0 Å². The van der Waals surface area contributed by atoms with Crippen LogP contribution in [-0.2, 0) is 4.74 Å². The minimum Gasteiger partial charge on any atom is -0.375 e. The van der Waals surface area contributed by atoms with Crippen molar-refractivity contribution in [2.75, 3.05) is 0 Å². The first kappa shape index (κ1) is 8.52. The monoisotopic (exact) mass is 169 g/mol. The van der Waals surface area contributed by atoms with Gasteiger partial charge in [-0.25, -0.2) is 0 Å². The summed E-state index contributed by atoms with van der Waals surface area (Å²) in [4.78, 5) is 0. The lowest BCUT2D eigenvalue weighted by molar-refractivity contribution is -0.0180. The van der Waals surface area contributed by atoms with E-state index >= 15 is 0 Å².